The monoisotopic (exact) mass is 211 g/mol. The topological polar surface area (TPSA) is 26.0 Å². The second kappa shape index (κ2) is 3.01. The predicted molar refractivity (Wildman–Crippen MR) is 55.6 cm³/mol. The van der Waals surface area contributed by atoms with Crippen molar-refractivity contribution in [2.24, 2.45) is 11.1 Å². The summed E-state index contributed by atoms with van der Waals surface area (Å²) >= 11 is 0. The molecule has 0 bridgehead atoms. The van der Waals surface area contributed by atoms with E-state index in [9.17, 15) is 8.78 Å². The second-order valence-corrected chi connectivity index (χ2v) is 4.97. The molecule has 0 spiro atoms. The van der Waals surface area contributed by atoms with Crippen LogP contribution in [0.5, 0.6) is 0 Å². The van der Waals surface area contributed by atoms with Gasteiger partial charge in [-0.15, -0.1) is 0 Å². The third kappa shape index (κ3) is 1.46. The molecular formula is C12H15F2N. The van der Waals surface area contributed by atoms with Gasteiger partial charge in [0.05, 0.1) is 0 Å². The minimum absolute atomic E-state index is 0.149. The number of hydrogen-bond acceptors (Lipinski definition) is 1. The number of rotatable bonds is 1. The molecule has 0 saturated heterocycles. The first kappa shape index (κ1) is 10.6. The van der Waals surface area contributed by atoms with Crippen LogP contribution >= 0.6 is 0 Å². The Bertz CT molecular complexity index is 389. The van der Waals surface area contributed by atoms with E-state index < -0.39 is 11.6 Å². The lowest BCUT2D eigenvalue weighted by atomic mass is 10.0. The van der Waals surface area contributed by atoms with Crippen molar-refractivity contribution in [3.05, 3.63) is 34.9 Å². The van der Waals surface area contributed by atoms with Crippen LogP contribution in [0.4, 0.5) is 8.78 Å². The predicted octanol–water partition coefficient (Wildman–Crippen LogP) is 2.72. The Morgan fingerprint density at radius 1 is 1.20 bits per heavy atom. The van der Waals surface area contributed by atoms with E-state index in [-0.39, 0.29) is 22.9 Å². The standard InChI is InChI=1S/C12H15F2N/c1-6-4-7(13)9(8(14)5-6)10-11(15)12(10,2)3/h4-5,10-11H,15H2,1-3H3/t10-,11-/m1/s1. The van der Waals surface area contributed by atoms with Crippen LogP contribution in [0.1, 0.15) is 30.9 Å². The van der Waals surface area contributed by atoms with Gasteiger partial charge in [-0.25, -0.2) is 8.78 Å². The highest BCUT2D eigenvalue weighted by Gasteiger charge is 2.58. The molecule has 1 fully saturated rings. The van der Waals surface area contributed by atoms with E-state index >= 15 is 0 Å². The molecule has 2 N–H and O–H groups in total. The van der Waals surface area contributed by atoms with Crippen molar-refractivity contribution in [1.29, 1.82) is 0 Å². The minimum atomic E-state index is -0.474. The smallest absolute Gasteiger partial charge is 0.129 e. The molecule has 15 heavy (non-hydrogen) atoms. The summed E-state index contributed by atoms with van der Waals surface area (Å²) in [6, 6.07) is 2.57. The molecule has 0 amide bonds. The molecule has 1 aliphatic rings. The van der Waals surface area contributed by atoms with Crippen LogP contribution in [-0.4, -0.2) is 6.04 Å². The highest BCUT2D eigenvalue weighted by Crippen LogP contribution is 2.58. The van der Waals surface area contributed by atoms with Crippen molar-refractivity contribution < 1.29 is 8.78 Å². The number of nitrogens with two attached hydrogens (primary N) is 1. The molecule has 0 unspecified atom stereocenters. The van der Waals surface area contributed by atoms with Crippen molar-refractivity contribution in [2.75, 3.05) is 0 Å². The van der Waals surface area contributed by atoms with Gasteiger partial charge in [0.25, 0.3) is 0 Å². The fourth-order valence-corrected chi connectivity index (χ4v) is 2.24. The Hall–Kier alpha value is -0.960. The average molecular weight is 211 g/mol. The van der Waals surface area contributed by atoms with Gasteiger partial charge in [0.2, 0.25) is 0 Å². The van der Waals surface area contributed by atoms with Gasteiger partial charge in [-0.2, -0.15) is 0 Å². The second-order valence-electron chi connectivity index (χ2n) is 4.97. The fourth-order valence-electron chi connectivity index (χ4n) is 2.24. The van der Waals surface area contributed by atoms with E-state index in [1.807, 2.05) is 13.8 Å². The van der Waals surface area contributed by atoms with Crippen LogP contribution in [0.2, 0.25) is 0 Å². The molecule has 1 aromatic rings. The molecule has 0 aromatic heterocycles. The molecule has 0 heterocycles. The summed E-state index contributed by atoms with van der Waals surface area (Å²) in [5.41, 5.74) is 6.37. The molecule has 1 aliphatic carbocycles. The minimum Gasteiger partial charge on any atom is -0.327 e. The van der Waals surface area contributed by atoms with Crippen LogP contribution < -0.4 is 5.73 Å². The van der Waals surface area contributed by atoms with Gasteiger partial charge in [-0.05, 0) is 30.0 Å². The van der Waals surface area contributed by atoms with Crippen molar-refractivity contribution in [2.45, 2.75) is 32.7 Å². The Balaban J connectivity index is 2.47. The SMILES string of the molecule is Cc1cc(F)c([C@@H]2[C@@H](N)C2(C)C)c(F)c1. The maximum atomic E-state index is 13.6. The zero-order chi connectivity index (χ0) is 11.4. The number of hydrogen-bond donors (Lipinski definition) is 1. The van der Waals surface area contributed by atoms with E-state index in [2.05, 4.69) is 0 Å². The van der Waals surface area contributed by atoms with E-state index in [0.717, 1.165) is 0 Å². The summed E-state index contributed by atoms with van der Waals surface area (Å²) in [7, 11) is 0. The number of benzene rings is 1. The third-order valence-corrected chi connectivity index (χ3v) is 3.45. The lowest BCUT2D eigenvalue weighted by Gasteiger charge is -2.07. The first-order valence-corrected chi connectivity index (χ1v) is 5.07. The first-order chi connectivity index (χ1) is 6.85. The molecule has 3 heteroatoms. The Morgan fingerprint density at radius 3 is 1.93 bits per heavy atom. The van der Waals surface area contributed by atoms with Gasteiger partial charge in [-0.1, -0.05) is 13.8 Å². The third-order valence-electron chi connectivity index (χ3n) is 3.45. The zero-order valence-corrected chi connectivity index (χ0v) is 9.14. The van der Waals surface area contributed by atoms with Crippen LogP contribution in [0.25, 0.3) is 0 Å². The number of aryl methyl sites for hydroxylation is 1. The molecular weight excluding hydrogens is 196 g/mol. The zero-order valence-electron chi connectivity index (χ0n) is 9.14. The molecule has 2 atom stereocenters. The van der Waals surface area contributed by atoms with E-state index in [1.165, 1.54) is 12.1 Å². The van der Waals surface area contributed by atoms with Crippen LogP contribution in [-0.2, 0) is 0 Å². The molecule has 1 nitrogen and oxygen atoms in total. The van der Waals surface area contributed by atoms with E-state index in [0.29, 0.717) is 5.56 Å². The van der Waals surface area contributed by atoms with Crippen LogP contribution in [0.3, 0.4) is 0 Å². The van der Waals surface area contributed by atoms with Gasteiger partial charge in [0, 0.05) is 17.5 Å². The van der Waals surface area contributed by atoms with Crippen LogP contribution in [0, 0.1) is 24.0 Å². The highest BCUT2D eigenvalue weighted by molar-refractivity contribution is 5.37. The Kier molecular flexibility index (Phi) is 2.12. The Morgan fingerprint density at radius 2 is 1.60 bits per heavy atom. The van der Waals surface area contributed by atoms with Crippen molar-refractivity contribution in [3.8, 4) is 0 Å². The van der Waals surface area contributed by atoms with Crippen molar-refractivity contribution in [1.82, 2.24) is 0 Å². The summed E-state index contributed by atoms with van der Waals surface area (Å²) in [5, 5.41) is 0. The summed E-state index contributed by atoms with van der Waals surface area (Å²) < 4.78 is 27.2. The quantitative estimate of drug-likeness (QED) is 0.759. The molecule has 82 valence electrons. The summed E-state index contributed by atoms with van der Waals surface area (Å²) in [4.78, 5) is 0. The molecule has 0 aliphatic heterocycles. The van der Waals surface area contributed by atoms with Crippen LogP contribution in [0.15, 0.2) is 12.1 Å². The largest absolute Gasteiger partial charge is 0.327 e. The molecule has 1 aromatic carbocycles. The molecule has 0 radical (unpaired) electrons. The summed E-state index contributed by atoms with van der Waals surface area (Å²) in [6.07, 6.45) is 0. The fraction of sp³-hybridized carbons (Fsp3) is 0.500. The van der Waals surface area contributed by atoms with Crippen molar-refractivity contribution >= 4 is 0 Å². The van der Waals surface area contributed by atoms with Gasteiger partial charge >= 0.3 is 0 Å². The van der Waals surface area contributed by atoms with Crippen molar-refractivity contribution in [3.63, 3.8) is 0 Å². The molecule has 1 saturated carbocycles. The summed E-state index contributed by atoms with van der Waals surface area (Å²) in [5.74, 6) is -1.14. The average Bonchev–Trinajstić information content (AvgIpc) is 2.53. The number of halogens is 2. The highest BCUT2D eigenvalue weighted by atomic mass is 19.1. The van der Waals surface area contributed by atoms with E-state index in [4.69, 9.17) is 5.73 Å². The maximum absolute atomic E-state index is 13.6. The van der Waals surface area contributed by atoms with Gasteiger partial charge in [0.15, 0.2) is 0 Å². The first-order valence-electron chi connectivity index (χ1n) is 5.07. The van der Waals surface area contributed by atoms with Gasteiger partial charge in [0.1, 0.15) is 11.6 Å². The normalized spacial score (nSPS) is 27.9. The summed E-state index contributed by atoms with van der Waals surface area (Å²) in [6.45, 7) is 5.54. The maximum Gasteiger partial charge on any atom is 0.129 e. The molecule has 2 rings (SSSR count). The lowest BCUT2D eigenvalue weighted by molar-refractivity contribution is 0.529. The van der Waals surface area contributed by atoms with Gasteiger partial charge in [-0.3, -0.25) is 0 Å². The van der Waals surface area contributed by atoms with Gasteiger partial charge < -0.3 is 5.73 Å². The lowest BCUT2D eigenvalue weighted by Crippen LogP contribution is -2.07. The van der Waals surface area contributed by atoms with E-state index in [1.54, 1.807) is 6.92 Å². The Labute approximate surface area is 88.3 Å².